The highest BCUT2D eigenvalue weighted by molar-refractivity contribution is 5.12. The van der Waals surface area contributed by atoms with E-state index in [1.807, 2.05) is 6.92 Å². The molecule has 8 nitrogen and oxygen atoms in total. The van der Waals surface area contributed by atoms with Crippen molar-refractivity contribution < 1.29 is 4.74 Å². The molecule has 1 atom stereocenters. The number of aromatic nitrogens is 5. The molecular weight excluding hydrogens is 342 g/mol. The van der Waals surface area contributed by atoms with Crippen LogP contribution in [0.1, 0.15) is 29.5 Å². The lowest BCUT2D eigenvalue weighted by atomic mass is 10.1. The predicted molar refractivity (Wildman–Crippen MR) is 100 cm³/mol. The van der Waals surface area contributed by atoms with Crippen LogP contribution in [0.4, 0.5) is 0 Å². The van der Waals surface area contributed by atoms with Crippen LogP contribution in [-0.4, -0.2) is 73.7 Å². The lowest BCUT2D eigenvalue weighted by molar-refractivity contribution is 0.151. The minimum absolute atomic E-state index is 0.709. The SMILES string of the molecule is Cc1nnc2n1CCN(Cc1cc3n(n1)CCN(CC1CCOC1)C3)CC2. The molecule has 3 aliphatic rings. The van der Waals surface area contributed by atoms with Crippen molar-refractivity contribution in [2.75, 3.05) is 39.4 Å². The fraction of sp³-hybridized carbons (Fsp3) is 0.737. The highest BCUT2D eigenvalue weighted by atomic mass is 16.5. The lowest BCUT2D eigenvalue weighted by Gasteiger charge is -2.29. The van der Waals surface area contributed by atoms with Crippen molar-refractivity contribution in [3.8, 4) is 0 Å². The lowest BCUT2D eigenvalue weighted by Crippen LogP contribution is -2.37. The largest absolute Gasteiger partial charge is 0.381 e. The second-order valence-electron chi connectivity index (χ2n) is 8.16. The third-order valence-corrected chi connectivity index (χ3v) is 6.16. The van der Waals surface area contributed by atoms with E-state index in [-0.39, 0.29) is 0 Å². The van der Waals surface area contributed by atoms with Gasteiger partial charge in [0.1, 0.15) is 11.6 Å². The van der Waals surface area contributed by atoms with Gasteiger partial charge in [-0.15, -0.1) is 10.2 Å². The van der Waals surface area contributed by atoms with E-state index in [2.05, 4.69) is 35.3 Å². The maximum Gasteiger partial charge on any atom is 0.134 e. The predicted octanol–water partition coefficient (Wildman–Crippen LogP) is 0.693. The van der Waals surface area contributed by atoms with Gasteiger partial charge in [0.25, 0.3) is 0 Å². The van der Waals surface area contributed by atoms with E-state index in [1.165, 1.54) is 17.8 Å². The average Bonchev–Trinajstić information content (AvgIpc) is 3.35. The number of aryl methyl sites for hydroxylation is 1. The molecule has 0 aliphatic carbocycles. The van der Waals surface area contributed by atoms with E-state index in [0.29, 0.717) is 5.92 Å². The zero-order valence-electron chi connectivity index (χ0n) is 16.2. The van der Waals surface area contributed by atoms with Crippen molar-refractivity contribution in [2.24, 2.45) is 5.92 Å². The third kappa shape index (κ3) is 3.66. The van der Waals surface area contributed by atoms with Crippen LogP contribution in [0.15, 0.2) is 6.07 Å². The van der Waals surface area contributed by atoms with Crippen LogP contribution in [0.25, 0.3) is 0 Å². The summed E-state index contributed by atoms with van der Waals surface area (Å²) >= 11 is 0. The molecular formula is C19H29N7O. The summed E-state index contributed by atoms with van der Waals surface area (Å²) in [6.07, 6.45) is 2.17. The van der Waals surface area contributed by atoms with Crippen LogP contribution < -0.4 is 0 Å². The molecule has 2 aromatic rings. The van der Waals surface area contributed by atoms with Crippen LogP contribution in [0.5, 0.6) is 0 Å². The van der Waals surface area contributed by atoms with Crippen LogP contribution in [0, 0.1) is 12.8 Å². The molecule has 0 bridgehead atoms. The van der Waals surface area contributed by atoms with Gasteiger partial charge in [0, 0.05) is 58.8 Å². The number of fused-ring (bicyclic) bond motifs is 2. The number of rotatable bonds is 4. The minimum atomic E-state index is 0.709. The highest BCUT2D eigenvalue weighted by Crippen LogP contribution is 2.20. The maximum absolute atomic E-state index is 5.53. The van der Waals surface area contributed by atoms with E-state index >= 15 is 0 Å². The Hall–Kier alpha value is -1.77. The molecule has 0 N–H and O–H groups in total. The Morgan fingerprint density at radius 1 is 1.11 bits per heavy atom. The van der Waals surface area contributed by atoms with E-state index in [9.17, 15) is 0 Å². The zero-order chi connectivity index (χ0) is 18.2. The number of ether oxygens (including phenoxy) is 1. The normalized spacial score (nSPS) is 24.0. The van der Waals surface area contributed by atoms with Crippen LogP contribution in [-0.2, 0) is 37.3 Å². The Balaban J connectivity index is 1.20. The molecule has 2 aromatic heterocycles. The Morgan fingerprint density at radius 2 is 2.04 bits per heavy atom. The van der Waals surface area contributed by atoms with Gasteiger partial charge >= 0.3 is 0 Å². The molecule has 0 spiro atoms. The molecule has 0 saturated carbocycles. The molecule has 8 heteroatoms. The molecule has 5 heterocycles. The zero-order valence-corrected chi connectivity index (χ0v) is 16.2. The van der Waals surface area contributed by atoms with E-state index in [0.717, 1.165) is 83.6 Å². The van der Waals surface area contributed by atoms with Gasteiger partial charge in [-0.05, 0) is 25.3 Å². The Kier molecular flexibility index (Phi) is 4.71. The first-order chi connectivity index (χ1) is 13.2. The molecule has 3 aliphatic heterocycles. The van der Waals surface area contributed by atoms with Crippen molar-refractivity contribution >= 4 is 0 Å². The summed E-state index contributed by atoms with van der Waals surface area (Å²) in [5, 5.41) is 13.4. The summed E-state index contributed by atoms with van der Waals surface area (Å²) in [5.41, 5.74) is 2.56. The molecule has 0 amide bonds. The van der Waals surface area contributed by atoms with Gasteiger partial charge in [-0.1, -0.05) is 0 Å². The average molecular weight is 371 g/mol. The van der Waals surface area contributed by atoms with Crippen molar-refractivity contribution in [1.82, 2.24) is 34.3 Å². The fourth-order valence-corrected chi connectivity index (χ4v) is 4.60. The summed E-state index contributed by atoms with van der Waals surface area (Å²) in [7, 11) is 0. The monoisotopic (exact) mass is 371 g/mol. The quantitative estimate of drug-likeness (QED) is 0.788. The van der Waals surface area contributed by atoms with Gasteiger partial charge in [0.2, 0.25) is 0 Å². The second-order valence-corrected chi connectivity index (χ2v) is 8.16. The molecule has 1 saturated heterocycles. The Morgan fingerprint density at radius 3 is 2.93 bits per heavy atom. The van der Waals surface area contributed by atoms with Crippen LogP contribution in [0.3, 0.4) is 0 Å². The van der Waals surface area contributed by atoms with Crippen molar-refractivity contribution in [2.45, 2.75) is 45.9 Å². The summed E-state index contributed by atoms with van der Waals surface area (Å²) in [5.74, 6) is 2.85. The molecule has 146 valence electrons. The molecule has 27 heavy (non-hydrogen) atoms. The van der Waals surface area contributed by atoms with E-state index in [4.69, 9.17) is 9.84 Å². The summed E-state index contributed by atoms with van der Waals surface area (Å²) < 4.78 is 10.0. The molecule has 0 radical (unpaired) electrons. The minimum Gasteiger partial charge on any atom is -0.381 e. The summed E-state index contributed by atoms with van der Waals surface area (Å²) in [4.78, 5) is 5.07. The first-order valence-electron chi connectivity index (χ1n) is 10.2. The first-order valence-corrected chi connectivity index (χ1v) is 10.2. The van der Waals surface area contributed by atoms with Crippen molar-refractivity contribution in [1.29, 1.82) is 0 Å². The smallest absolute Gasteiger partial charge is 0.134 e. The van der Waals surface area contributed by atoms with Crippen LogP contribution >= 0.6 is 0 Å². The first kappa shape index (κ1) is 17.3. The van der Waals surface area contributed by atoms with Gasteiger partial charge in [-0.3, -0.25) is 14.5 Å². The van der Waals surface area contributed by atoms with Gasteiger partial charge in [-0.2, -0.15) is 5.10 Å². The van der Waals surface area contributed by atoms with Gasteiger partial charge in [0.15, 0.2) is 0 Å². The highest BCUT2D eigenvalue weighted by Gasteiger charge is 2.24. The fourth-order valence-electron chi connectivity index (χ4n) is 4.60. The Labute approximate surface area is 160 Å². The third-order valence-electron chi connectivity index (χ3n) is 6.16. The van der Waals surface area contributed by atoms with Gasteiger partial charge in [-0.25, -0.2) is 0 Å². The summed E-state index contributed by atoms with van der Waals surface area (Å²) in [6.45, 7) is 12.1. The molecule has 0 aromatic carbocycles. The van der Waals surface area contributed by atoms with E-state index in [1.54, 1.807) is 0 Å². The van der Waals surface area contributed by atoms with Crippen molar-refractivity contribution in [3.63, 3.8) is 0 Å². The molecule has 1 fully saturated rings. The number of nitrogens with zero attached hydrogens (tertiary/aromatic N) is 7. The molecule has 5 rings (SSSR count). The van der Waals surface area contributed by atoms with Gasteiger partial charge in [0.05, 0.1) is 24.5 Å². The van der Waals surface area contributed by atoms with E-state index < -0.39 is 0 Å². The molecule has 1 unspecified atom stereocenters. The van der Waals surface area contributed by atoms with Crippen LogP contribution in [0.2, 0.25) is 0 Å². The van der Waals surface area contributed by atoms with Crippen molar-refractivity contribution in [3.05, 3.63) is 29.1 Å². The number of hydrogen-bond acceptors (Lipinski definition) is 6. The maximum atomic E-state index is 5.53. The topological polar surface area (TPSA) is 64.2 Å². The second kappa shape index (κ2) is 7.33. The van der Waals surface area contributed by atoms with Gasteiger partial charge < -0.3 is 9.30 Å². The standard InChI is InChI=1S/C19H29N7O/c1-15-20-21-19-2-4-23(5-7-25(15)19)12-17-10-18-13-24(6-8-26(18)22-17)11-16-3-9-27-14-16/h10,16H,2-9,11-14H2,1H3. The summed E-state index contributed by atoms with van der Waals surface area (Å²) in [6, 6.07) is 2.31. The Bertz CT molecular complexity index is 792. The number of hydrogen-bond donors (Lipinski definition) is 0.